The Kier molecular flexibility index (Phi) is 3.01. The molecule has 0 aliphatic carbocycles. The molecule has 0 aliphatic heterocycles. The predicted octanol–water partition coefficient (Wildman–Crippen LogP) is 0.451. The first-order valence-corrected chi connectivity index (χ1v) is 7.06. The highest BCUT2D eigenvalue weighted by atomic mass is 32.2. The van der Waals surface area contributed by atoms with E-state index in [4.69, 9.17) is 5.73 Å². The smallest absolute Gasteiger partial charge is 0.266 e. The molecule has 4 N–H and O–H groups in total. The number of aromatic nitrogens is 4. The number of rotatable bonds is 3. The summed E-state index contributed by atoms with van der Waals surface area (Å²) in [4.78, 5) is 0.130. The number of anilines is 2. The van der Waals surface area contributed by atoms with Gasteiger partial charge in [-0.05, 0) is 20.8 Å². The average molecular weight is 284 g/mol. The summed E-state index contributed by atoms with van der Waals surface area (Å²) in [5.41, 5.74) is 7.57. The molecule has 9 heteroatoms. The third kappa shape index (κ3) is 2.16. The number of hydrogen-bond donors (Lipinski definition) is 3. The summed E-state index contributed by atoms with van der Waals surface area (Å²) in [5, 5.41) is 10.6. The molecule has 0 spiro atoms. The quantitative estimate of drug-likeness (QED) is 0.756. The minimum Gasteiger partial charge on any atom is -0.394 e. The van der Waals surface area contributed by atoms with Gasteiger partial charge < -0.3 is 5.73 Å². The number of nitrogens with two attached hydrogens (primary N) is 1. The van der Waals surface area contributed by atoms with Gasteiger partial charge in [0, 0.05) is 7.05 Å². The SMILES string of the molecule is Cc1nn(C)c(NS(=O)(=O)c2c(C)n[nH]c2C)c1N. The number of aryl methyl sites for hydroxylation is 4. The van der Waals surface area contributed by atoms with Gasteiger partial charge in [0.2, 0.25) is 0 Å². The number of aromatic amines is 1. The van der Waals surface area contributed by atoms with Gasteiger partial charge in [-0.25, -0.2) is 13.1 Å². The molecule has 0 radical (unpaired) electrons. The van der Waals surface area contributed by atoms with E-state index >= 15 is 0 Å². The molecule has 0 bridgehead atoms. The van der Waals surface area contributed by atoms with Crippen LogP contribution in [-0.4, -0.2) is 28.4 Å². The van der Waals surface area contributed by atoms with Gasteiger partial charge in [-0.2, -0.15) is 10.2 Å². The summed E-state index contributed by atoms with van der Waals surface area (Å²) in [6.07, 6.45) is 0. The maximum Gasteiger partial charge on any atom is 0.266 e. The van der Waals surface area contributed by atoms with Crippen molar-refractivity contribution < 1.29 is 8.42 Å². The molecule has 19 heavy (non-hydrogen) atoms. The Morgan fingerprint density at radius 3 is 2.32 bits per heavy atom. The lowest BCUT2D eigenvalue weighted by atomic mass is 10.4. The zero-order chi connectivity index (χ0) is 14.4. The molecule has 0 aliphatic rings. The lowest BCUT2D eigenvalue weighted by molar-refractivity contribution is 0.599. The van der Waals surface area contributed by atoms with Crippen LogP contribution in [0.2, 0.25) is 0 Å². The van der Waals surface area contributed by atoms with E-state index in [1.54, 1.807) is 27.8 Å². The van der Waals surface area contributed by atoms with Crippen LogP contribution in [0, 0.1) is 20.8 Å². The predicted molar refractivity (Wildman–Crippen MR) is 71.2 cm³/mol. The van der Waals surface area contributed by atoms with Crippen molar-refractivity contribution >= 4 is 21.5 Å². The van der Waals surface area contributed by atoms with Gasteiger partial charge in [0.1, 0.15) is 4.90 Å². The van der Waals surface area contributed by atoms with Crippen LogP contribution < -0.4 is 10.5 Å². The highest BCUT2D eigenvalue weighted by Crippen LogP contribution is 2.26. The minimum absolute atomic E-state index is 0.130. The Morgan fingerprint density at radius 1 is 1.26 bits per heavy atom. The molecular formula is C10H16N6O2S. The van der Waals surface area contributed by atoms with Gasteiger partial charge in [0.15, 0.2) is 5.82 Å². The van der Waals surface area contributed by atoms with Crippen molar-refractivity contribution in [2.45, 2.75) is 25.7 Å². The number of sulfonamides is 1. The maximum absolute atomic E-state index is 12.4. The van der Waals surface area contributed by atoms with E-state index in [2.05, 4.69) is 20.0 Å². The van der Waals surface area contributed by atoms with Gasteiger partial charge in [0.05, 0.1) is 22.8 Å². The molecule has 0 atom stereocenters. The Balaban J connectivity index is 2.48. The van der Waals surface area contributed by atoms with E-state index in [9.17, 15) is 8.42 Å². The molecule has 2 rings (SSSR count). The maximum atomic E-state index is 12.4. The van der Waals surface area contributed by atoms with Crippen LogP contribution in [0.25, 0.3) is 0 Å². The van der Waals surface area contributed by atoms with Crippen molar-refractivity contribution in [1.29, 1.82) is 0 Å². The van der Waals surface area contributed by atoms with Gasteiger partial charge >= 0.3 is 0 Å². The summed E-state index contributed by atoms with van der Waals surface area (Å²) in [7, 11) is -2.13. The molecule has 2 aromatic heterocycles. The van der Waals surface area contributed by atoms with Crippen molar-refractivity contribution in [1.82, 2.24) is 20.0 Å². The number of nitrogens with one attached hydrogen (secondary N) is 2. The molecule has 2 aromatic rings. The van der Waals surface area contributed by atoms with E-state index in [0.29, 0.717) is 22.8 Å². The number of hydrogen-bond acceptors (Lipinski definition) is 5. The van der Waals surface area contributed by atoms with Crippen LogP contribution in [0.4, 0.5) is 11.5 Å². The van der Waals surface area contributed by atoms with Gasteiger partial charge in [-0.1, -0.05) is 0 Å². The Bertz CT molecular complexity index is 708. The first-order chi connectivity index (χ1) is 8.74. The molecular weight excluding hydrogens is 268 g/mol. The third-order valence-electron chi connectivity index (χ3n) is 2.83. The van der Waals surface area contributed by atoms with E-state index in [1.165, 1.54) is 4.68 Å². The standard InChI is InChI=1S/C10H16N6O2S/c1-5-8(11)10(16(4)14-5)15-19(17,18)9-6(2)12-13-7(9)3/h15H,11H2,1-4H3,(H,12,13). The second-order valence-electron chi connectivity index (χ2n) is 4.34. The van der Waals surface area contributed by atoms with E-state index < -0.39 is 10.0 Å². The third-order valence-corrected chi connectivity index (χ3v) is 4.43. The number of nitrogen functional groups attached to an aromatic ring is 1. The lowest BCUT2D eigenvalue weighted by Crippen LogP contribution is -2.17. The fraction of sp³-hybridized carbons (Fsp3) is 0.400. The van der Waals surface area contributed by atoms with Gasteiger partial charge in [-0.15, -0.1) is 0 Å². The Morgan fingerprint density at radius 2 is 1.89 bits per heavy atom. The van der Waals surface area contributed by atoms with E-state index in [-0.39, 0.29) is 10.7 Å². The first kappa shape index (κ1) is 13.4. The molecule has 0 amide bonds. The summed E-state index contributed by atoms with van der Waals surface area (Å²) in [6.45, 7) is 4.98. The average Bonchev–Trinajstić information content (AvgIpc) is 2.74. The highest BCUT2D eigenvalue weighted by Gasteiger charge is 2.25. The fourth-order valence-electron chi connectivity index (χ4n) is 1.91. The normalized spacial score (nSPS) is 11.8. The zero-order valence-corrected chi connectivity index (χ0v) is 12.0. The number of nitrogens with zero attached hydrogens (tertiary/aromatic N) is 3. The van der Waals surface area contributed by atoms with Crippen molar-refractivity contribution in [3.8, 4) is 0 Å². The second-order valence-corrected chi connectivity index (χ2v) is 5.96. The monoisotopic (exact) mass is 284 g/mol. The topological polar surface area (TPSA) is 119 Å². The molecule has 0 saturated heterocycles. The molecule has 104 valence electrons. The summed E-state index contributed by atoms with van der Waals surface area (Å²) >= 11 is 0. The highest BCUT2D eigenvalue weighted by molar-refractivity contribution is 7.92. The van der Waals surface area contributed by atoms with Crippen LogP contribution >= 0.6 is 0 Å². The van der Waals surface area contributed by atoms with Crippen LogP contribution in [-0.2, 0) is 17.1 Å². The Hall–Kier alpha value is -2.03. The lowest BCUT2D eigenvalue weighted by Gasteiger charge is -2.09. The number of H-pyrrole nitrogens is 1. The Labute approximate surface area is 111 Å². The van der Waals surface area contributed by atoms with Gasteiger partial charge in [-0.3, -0.25) is 9.82 Å². The summed E-state index contributed by atoms with van der Waals surface area (Å²) in [6, 6.07) is 0. The first-order valence-electron chi connectivity index (χ1n) is 5.57. The van der Waals surface area contributed by atoms with Gasteiger partial charge in [0.25, 0.3) is 10.0 Å². The van der Waals surface area contributed by atoms with Crippen LogP contribution in [0.3, 0.4) is 0 Å². The fourth-order valence-corrected chi connectivity index (χ4v) is 3.39. The zero-order valence-electron chi connectivity index (χ0n) is 11.1. The summed E-state index contributed by atoms with van der Waals surface area (Å²) < 4.78 is 28.5. The van der Waals surface area contributed by atoms with Crippen molar-refractivity contribution in [2.75, 3.05) is 10.5 Å². The molecule has 0 aromatic carbocycles. The minimum atomic E-state index is -3.75. The van der Waals surface area contributed by atoms with E-state index in [1.807, 2.05) is 0 Å². The largest absolute Gasteiger partial charge is 0.394 e. The molecule has 0 unspecified atom stereocenters. The molecule has 2 heterocycles. The van der Waals surface area contributed by atoms with Crippen LogP contribution in [0.15, 0.2) is 4.90 Å². The molecule has 0 fully saturated rings. The summed E-state index contributed by atoms with van der Waals surface area (Å²) in [5.74, 6) is 0.248. The van der Waals surface area contributed by atoms with Crippen molar-refractivity contribution in [2.24, 2.45) is 7.05 Å². The molecule has 0 saturated carbocycles. The second kappa shape index (κ2) is 4.26. The molecule has 8 nitrogen and oxygen atoms in total. The van der Waals surface area contributed by atoms with E-state index in [0.717, 1.165) is 0 Å². The van der Waals surface area contributed by atoms with Crippen molar-refractivity contribution in [3.05, 3.63) is 17.1 Å². The van der Waals surface area contributed by atoms with Crippen LogP contribution in [0.1, 0.15) is 17.1 Å². The van der Waals surface area contributed by atoms with Crippen molar-refractivity contribution in [3.63, 3.8) is 0 Å². The van der Waals surface area contributed by atoms with Crippen LogP contribution in [0.5, 0.6) is 0 Å².